The molecule has 2 heterocycles. The second-order valence-electron chi connectivity index (χ2n) is 7.48. The van der Waals surface area contributed by atoms with E-state index in [1.54, 1.807) is 23.0 Å². The number of benzene rings is 3. The third-order valence-electron chi connectivity index (χ3n) is 5.60. The summed E-state index contributed by atoms with van der Waals surface area (Å²) in [6, 6.07) is 22.3. The molecule has 154 valence electrons. The van der Waals surface area contributed by atoms with Crippen molar-refractivity contribution < 1.29 is 4.39 Å². The minimum atomic E-state index is -0.397. The Hall–Kier alpha value is -3.44. The minimum absolute atomic E-state index is 0.148. The van der Waals surface area contributed by atoms with Crippen LogP contribution in [0.1, 0.15) is 11.1 Å². The SMILES string of the molecule is O=c1c2c(ncn1CCc1ccccc1)c1ccccc1n2Cc1c(F)cccc1Cl. The number of hydrogen-bond acceptors (Lipinski definition) is 2. The van der Waals surface area contributed by atoms with Crippen LogP contribution >= 0.6 is 11.6 Å². The lowest BCUT2D eigenvalue weighted by Crippen LogP contribution is -2.23. The average Bonchev–Trinajstić information content (AvgIpc) is 3.11. The third kappa shape index (κ3) is 3.51. The van der Waals surface area contributed by atoms with Gasteiger partial charge < -0.3 is 4.57 Å². The monoisotopic (exact) mass is 431 g/mol. The Morgan fingerprint density at radius 1 is 0.935 bits per heavy atom. The van der Waals surface area contributed by atoms with Crippen molar-refractivity contribution in [3.05, 3.63) is 111 Å². The predicted octanol–water partition coefficient (Wildman–Crippen LogP) is 5.43. The quantitative estimate of drug-likeness (QED) is 0.372. The normalized spacial score (nSPS) is 11.4. The zero-order chi connectivity index (χ0) is 21.4. The largest absolute Gasteiger partial charge is 0.330 e. The van der Waals surface area contributed by atoms with Crippen LogP contribution in [0.4, 0.5) is 4.39 Å². The predicted molar refractivity (Wildman–Crippen MR) is 122 cm³/mol. The van der Waals surface area contributed by atoms with Crippen LogP contribution in [0.5, 0.6) is 0 Å². The van der Waals surface area contributed by atoms with Crippen molar-refractivity contribution in [2.24, 2.45) is 0 Å². The van der Waals surface area contributed by atoms with Crippen LogP contribution in [0.25, 0.3) is 21.9 Å². The molecule has 0 aliphatic carbocycles. The number of aromatic nitrogens is 3. The molecule has 5 aromatic rings. The first-order valence-electron chi connectivity index (χ1n) is 10.1. The first kappa shape index (κ1) is 19.5. The van der Waals surface area contributed by atoms with Crippen molar-refractivity contribution in [3.63, 3.8) is 0 Å². The van der Waals surface area contributed by atoms with Gasteiger partial charge in [-0.05, 0) is 30.2 Å². The smallest absolute Gasteiger partial charge is 0.277 e. The molecule has 0 aliphatic heterocycles. The van der Waals surface area contributed by atoms with Crippen LogP contribution in [0, 0.1) is 5.82 Å². The highest BCUT2D eigenvalue weighted by molar-refractivity contribution is 6.31. The van der Waals surface area contributed by atoms with Crippen molar-refractivity contribution in [2.45, 2.75) is 19.5 Å². The van der Waals surface area contributed by atoms with Crippen LogP contribution in [0.2, 0.25) is 5.02 Å². The molecule has 4 nitrogen and oxygen atoms in total. The van der Waals surface area contributed by atoms with E-state index < -0.39 is 5.82 Å². The van der Waals surface area contributed by atoms with E-state index in [4.69, 9.17) is 11.6 Å². The molecule has 6 heteroatoms. The van der Waals surface area contributed by atoms with Gasteiger partial charge in [0.1, 0.15) is 16.9 Å². The van der Waals surface area contributed by atoms with E-state index in [0.29, 0.717) is 34.6 Å². The molecule has 0 spiro atoms. The fourth-order valence-electron chi connectivity index (χ4n) is 4.01. The minimum Gasteiger partial charge on any atom is -0.330 e. The molecule has 0 atom stereocenters. The summed E-state index contributed by atoms with van der Waals surface area (Å²) in [7, 11) is 0. The van der Waals surface area contributed by atoms with Crippen molar-refractivity contribution in [1.82, 2.24) is 14.1 Å². The third-order valence-corrected chi connectivity index (χ3v) is 5.95. The fraction of sp³-hybridized carbons (Fsp3) is 0.120. The second-order valence-corrected chi connectivity index (χ2v) is 7.89. The summed E-state index contributed by atoms with van der Waals surface area (Å²) < 4.78 is 18.0. The Morgan fingerprint density at radius 2 is 1.71 bits per heavy atom. The average molecular weight is 432 g/mol. The lowest BCUT2D eigenvalue weighted by Gasteiger charge is -2.11. The van der Waals surface area contributed by atoms with Crippen molar-refractivity contribution in [3.8, 4) is 0 Å². The first-order chi connectivity index (χ1) is 15.1. The highest BCUT2D eigenvalue weighted by Gasteiger charge is 2.18. The molecular formula is C25H19ClFN3O. The van der Waals surface area contributed by atoms with Gasteiger partial charge in [0.05, 0.1) is 18.4 Å². The van der Waals surface area contributed by atoms with Gasteiger partial charge in [0.25, 0.3) is 5.56 Å². The van der Waals surface area contributed by atoms with Crippen LogP contribution in [-0.4, -0.2) is 14.1 Å². The summed E-state index contributed by atoms with van der Waals surface area (Å²) in [6.07, 6.45) is 2.31. The number of hydrogen-bond donors (Lipinski definition) is 0. The van der Waals surface area contributed by atoms with Crippen LogP contribution < -0.4 is 5.56 Å². The Labute approximate surface area is 183 Å². The summed E-state index contributed by atoms with van der Waals surface area (Å²) in [5, 5.41) is 1.19. The van der Waals surface area contributed by atoms with Crippen LogP contribution in [0.3, 0.4) is 0 Å². The van der Waals surface area contributed by atoms with Crippen molar-refractivity contribution in [2.75, 3.05) is 0 Å². The molecule has 0 fully saturated rings. The van der Waals surface area contributed by atoms with Gasteiger partial charge in [0, 0.05) is 22.5 Å². The van der Waals surface area contributed by atoms with Crippen molar-refractivity contribution in [1.29, 1.82) is 0 Å². The molecule has 0 bridgehead atoms. The molecule has 0 N–H and O–H groups in total. The lowest BCUT2D eigenvalue weighted by atomic mass is 10.1. The van der Waals surface area contributed by atoms with Gasteiger partial charge in [0.2, 0.25) is 0 Å². The molecule has 0 saturated heterocycles. The van der Waals surface area contributed by atoms with Gasteiger partial charge in [-0.2, -0.15) is 0 Å². The molecule has 2 aromatic heterocycles. The van der Waals surface area contributed by atoms with E-state index >= 15 is 0 Å². The van der Waals surface area contributed by atoms with E-state index in [-0.39, 0.29) is 12.1 Å². The summed E-state index contributed by atoms with van der Waals surface area (Å²) >= 11 is 6.29. The van der Waals surface area contributed by atoms with Crippen molar-refractivity contribution >= 4 is 33.5 Å². The van der Waals surface area contributed by atoms with E-state index in [9.17, 15) is 9.18 Å². The second kappa shape index (κ2) is 8.00. The maximum absolute atomic E-state index is 14.5. The molecule has 3 aromatic carbocycles. The van der Waals surface area contributed by atoms with Gasteiger partial charge in [-0.1, -0.05) is 66.2 Å². The van der Waals surface area contributed by atoms with Gasteiger partial charge in [-0.15, -0.1) is 0 Å². The summed E-state index contributed by atoms with van der Waals surface area (Å²) in [5.74, 6) is -0.397. The zero-order valence-electron chi connectivity index (χ0n) is 16.6. The van der Waals surface area contributed by atoms with E-state index in [2.05, 4.69) is 4.98 Å². The molecule has 0 saturated carbocycles. The Kier molecular flexibility index (Phi) is 5.04. The van der Waals surface area contributed by atoms with E-state index in [1.165, 1.54) is 6.07 Å². The van der Waals surface area contributed by atoms with Gasteiger partial charge in [-0.3, -0.25) is 9.36 Å². The van der Waals surface area contributed by atoms with Gasteiger partial charge in [-0.25, -0.2) is 9.37 Å². The molecule has 5 rings (SSSR count). The van der Waals surface area contributed by atoms with E-state index in [1.807, 2.05) is 59.2 Å². The number of nitrogens with zero attached hydrogens (tertiary/aromatic N) is 3. The molecule has 31 heavy (non-hydrogen) atoms. The van der Waals surface area contributed by atoms with Gasteiger partial charge >= 0.3 is 0 Å². The lowest BCUT2D eigenvalue weighted by molar-refractivity contribution is 0.603. The Bertz CT molecular complexity index is 1440. The standard InChI is InChI=1S/C25H19ClFN3O/c26-20-10-6-11-21(27)19(20)15-30-22-12-5-4-9-18(22)23-24(30)25(31)29(16-28-23)14-13-17-7-2-1-3-8-17/h1-12,16H,13-15H2. The maximum Gasteiger partial charge on any atom is 0.277 e. The number of rotatable bonds is 5. The highest BCUT2D eigenvalue weighted by Crippen LogP contribution is 2.28. The summed E-state index contributed by atoms with van der Waals surface area (Å²) in [4.78, 5) is 18.1. The van der Waals surface area contributed by atoms with Gasteiger partial charge in [0.15, 0.2) is 0 Å². The summed E-state index contributed by atoms with van der Waals surface area (Å²) in [6.45, 7) is 0.656. The first-order valence-corrected chi connectivity index (χ1v) is 10.4. The molecule has 0 radical (unpaired) electrons. The maximum atomic E-state index is 14.5. The van der Waals surface area contributed by atoms with E-state index in [0.717, 1.165) is 16.5 Å². The molecular weight excluding hydrogens is 413 g/mol. The fourth-order valence-corrected chi connectivity index (χ4v) is 4.23. The topological polar surface area (TPSA) is 39.8 Å². The summed E-state index contributed by atoms with van der Waals surface area (Å²) in [5.41, 5.74) is 3.24. The number of halogens is 2. The van der Waals surface area contributed by atoms with Crippen LogP contribution in [-0.2, 0) is 19.5 Å². The number of aryl methyl sites for hydroxylation is 2. The van der Waals surface area contributed by atoms with Crippen LogP contribution in [0.15, 0.2) is 83.9 Å². The molecule has 0 unspecified atom stereocenters. The number of fused-ring (bicyclic) bond motifs is 3. The Balaban J connectivity index is 1.66. The Morgan fingerprint density at radius 3 is 2.52 bits per heavy atom. The molecule has 0 amide bonds. The highest BCUT2D eigenvalue weighted by atomic mass is 35.5. The number of para-hydroxylation sites is 1. The zero-order valence-corrected chi connectivity index (χ0v) is 17.4. The molecule has 0 aliphatic rings.